The molecule has 3 aliphatic heterocycles. The molecule has 1 aromatic heterocycles. The van der Waals surface area contributed by atoms with Gasteiger partial charge in [-0.25, -0.2) is 4.98 Å². The Hall–Kier alpha value is -2.66. The third kappa shape index (κ3) is 4.92. The first-order chi connectivity index (χ1) is 19.0. The Balaban J connectivity index is 1.16. The van der Waals surface area contributed by atoms with Crippen LogP contribution < -0.4 is 0 Å². The Kier molecular flexibility index (Phi) is 7.54. The van der Waals surface area contributed by atoms with Gasteiger partial charge in [-0.2, -0.15) is 0 Å². The lowest BCUT2D eigenvalue weighted by Gasteiger charge is -2.46. The number of imidazole rings is 1. The zero-order valence-electron chi connectivity index (χ0n) is 24.2. The molecule has 3 aromatic rings. The molecule has 2 bridgehead atoms. The van der Waals surface area contributed by atoms with Crippen molar-refractivity contribution < 1.29 is 4.79 Å². The largest absolute Gasteiger partial charge is 0.342 e. The molecule has 6 rings (SSSR count). The predicted molar refractivity (Wildman–Crippen MR) is 159 cm³/mol. The number of rotatable bonds is 8. The Morgan fingerprint density at radius 3 is 2.23 bits per heavy atom. The number of amides is 1. The molecule has 0 saturated carbocycles. The van der Waals surface area contributed by atoms with Gasteiger partial charge in [0.15, 0.2) is 0 Å². The van der Waals surface area contributed by atoms with Crippen LogP contribution in [0.15, 0.2) is 54.6 Å². The summed E-state index contributed by atoms with van der Waals surface area (Å²) in [4.78, 5) is 23.1. The fourth-order valence-corrected chi connectivity index (χ4v) is 8.32. The summed E-state index contributed by atoms with van der Waals surface area (Å²) in [6.07, 6.45) is 10.3. The fourth-order valence-electron chi connectivity index (χ4n) is 8.32. The van der Waals surface area contributed by atoms with E-state index in [-0.39, 0.29) is 11.3 Å². The van der Waals surface area contributed by atoms with E-state index in [0.29, 0.717) is 24.0 Å². The lowest BCUT2D eigenvalue weighted by Crippen LogP contribution is -2.49. The van der Waals surface area contributed by atoms with E-state index in [0.717, 1.165) is 50.1 Å². The summed E-state index contributed by atoms with van der Waals surface area (Å²) in [5, 5.41) is 0. The van der Waals surface area contributed by atoms with Crippen molar-refractivity contribution in [3.05, 3.63) is 66.0 Å². The summed E-state index contributed by atoms with van der Waals surface area (Å²) in [5.41, 5.74) is 4.07. The fraction of sp³-hybridized carbons (Fsp3) is 0.588. The van der Waals surface area contributed by atoms with Crippen LogP contribution in [0.1, 0.15) is 89.1 Å². The van der Waals surface area contributed by atoms with Crippen molar-refractivity contribution in [1.82, 2.24) is 19.4 Å². The second-order valence-electron chi connectivity index (χ2n) is 12.5. The van der Waals surface area contributed by atoms with Gasteiger partial charge in [0.05, 0.1) is 11.0 Å². The molecular formula is C34H46N4O. The summed E-state index contributed by atoms with van der Waals surface area (Å²) >= 11 is 0. The molecule has 4 heterocycles. The maximum atomic E-state index is 13.2. The monoisotopic (exact) mass is 526 g/mol. The molecule has 2 aromatic carbocycles. The normalized spacial score (nSPS) is 25.0. The topological polar surface area (TPSA) is 41.4 Å². The smallest absolute Gasteiger partial charge is 0.225 e. The van der Waals surface area contributed by atoms with Crippen molar-refractivity contribution in [2.24, 2.45) is 5.92 Å². The molecule has 5 heteroatoms. The molecule has 0 aliphatic carbocycles. The molecule has 3 saturated heterocycles. The van der Waals surface area contributed by atoms with Crippen LogP contribution in [0.25, 0.3) is 11.0 Å². The van der Waals surface area contributed by atoms with E-state index >= 15 is 0 Å². The van der Waals surface area contributed by atoms with Crippen LogP contribution in [-0.4, -0.2) is 57.0 Å². The molecule has 5 nitrogen and oxygen atoms in total. The number of fused-ring (bicyclic) bond motifs is 3. The minimum absolute atomic E-state index is 0.166. The molecule has 208 valence electrons. The number of likely N-dealkylation sites (tertiary alicyclic amines) is 1. The SMILES string of the molecule is CCC(CC)C(=O)N1CCC(CCN2[C@@H]3CC[C@H]2C[C@@H](n2c(C)nc4ccccc42)C3)(c2ccccc2)CC1. The average molecular weight is 527 g/mol. The average Bonchev–Trinajstić information content (AvgIpc) is 3.43. The van der Waals surface area contributed by atoms with Crippen molar-refractivity contribution in [3.8, 4) is 0 Å². The number of nitrogens with zero attached hydrogens (tertiary/aromatic N) is 4. The van der Waals surface area contributed by atoms with Gasteiger partial charge in [-0.15, -0.1) is 0 Å². The van der Waals surface area contributed by atoms with E-state index < -0.39 is 0 Å². The summed E-state index contributed by atoms with van der Waals surface area (Å²) in [6.45, 7) is 9.44. The first kappa shape index (κ1) is 26.6. The molecular weight excluding hydrogens is 480 g/mol. The van der Waals surface area contributed by atoms with Crippen LogP contribution in [0, 0.1) is 12.8 Å². The molecule has 0 radical (unpaired) electrons. The van der Waals surface area contributed by atoms with Gasteiger partial charge in [0.25, 0.3) is 0 Å². The molecule has 0 N–H and O–H groups in total. The molecule has 0 spiro atoms. The van der Waals surface area contributed by atoms with Gasteiger partial charge in [-0.05, 0) is 94.4 Å². The number of hydrogen-bond acceptors (Lipinski definition) is 3. The van der Waals surface area contributed by atoms with Crippen molar-refractivity contribution in [2.75, 3.05) is 19.6 Å². The second-order valence-corrected chi connectivity index (χ2v) is 12.5. The summed E-state index contributed by atoms with van der Waals surface area (Å²) in [5.74, 6) is 1.72. The number of benzene rings is 2. The number of para-hydroxylation sites is 2. The van der Waals surface area contributed by atoms with Crippen LogP contribution in [0.4, 0.5) is 0 Å². The van der Waals surface area contributed by atoms with E-state index in [4.69, 9.17) is 4.98 Å². The third-order valence-electron chi connectivity index (χ3n) is 10.6. The Morgan fingerprint density at radius 1 is 0.923 bits per heavy atom. The molecule has 1 amide bonds. The number of aromatic nitrogens is 2. The van der Waals surface area contributed by atoms with Crippen molar-refractivity contribution in [1.29, 1.82) is 0 Å². The second kappa shape index (κ2) is 11.1. The highest BCUT2D eigenvalue weighted by atomic mass is 16.2. The van der Waals surface area contributed by atoms with Gasteiger partial charge in [-0.1, -0.05) is 56.3 Å². The van der Waals surface area contributed by atoms with Gasteiger partial charge >= 0.3 is 0 Å². The molecule has 0 unspecified atom stereocenters. The van der Waals surface area contributed by atoms with Crippen molar-refractivity contribution in [2.45, 2.75) is 102 Å². The van der Waals surface area contributed by atoms with Gasteiger partial charge in [0, 0.05) is 37.1 Å². The molecule has 3 atom stereocenters. The number of aryl methyl sites for hydroxylation is 1. The maximum absolute atomic E-state index is 13.2. The van der Waals surface area contributed by atoms with Gasteiger partial charge < -0.3 is 9.47 Å². The maximum Gasteiger partial charge on any atom is 0.225 e. The number of carbonyl (C=O) groups is 1. The predicted octanol–water partition coefficient (Wildman–Crippen LogP) is 6.90. The van der Waals surface area contributed by atoms with Crippen LogP contribution in [0.2, 0.25) is 0 Å². The Morgan fingerprint density at radius 2 is 1.56 bits per heavy atom. The van der Waals surface area contributed by atoms with Crippen molar-refractivity contribution >= 4 is 16.9 Å². The van der Waals surface area contributed by atoms with Gasteiger partial charge in [0.2, 0.25) is 5.91 Å². The number of piperidine rings is 2. The number of hydrogen-bond donors (Lipinski definition) is 0. The highest BCUT2D eigenvalue weighted by Crippen LogP contribution is 2.45. The third-order valence-corrected chi connectivity index (χ3v) is 10.6. The quantitative estimate of drug-likeness (QED) is 0.321. The highest BCUT2D eigenvalue weighted by molar-refractivity contribution is 5.79. The van der Waals surface area contributed by atoms with Gasteiger partial charge in [0.1, 0.15) is 5.82 Å². The molecule has 3 fully saturated rings. The summed E-state index contributed by atoms with van der Waals surface area (Å²) in [7, 11) is 0. The van der Waals surface area contributed by atoms with E-state index in [2.05, 4.69) is 89.7 Å². The minimum Gasteiger partial charge on any atom is -0.342 e. The lowest BCUT2D eigenvalue weighted by atomic mass is 9.70. The van der Waals surface area contributed by atoms with E-state index in [1.165, 1.54) is 49.7 Å². The molecule has 3 aliphatic rings. The summed E-state index contributed by atoms with van der Waals surface area (Å²) < 4.78 is 2.54. The van der Waals surface area contributed by atoms with Gasteiger partial charge in [-0.3, -0.25) is 9.69 Å². The molecule has 39 heavy (non-hydrogen) atoms. The standard InChI is InChI=1S/C34H46N4O/c1-4-26(5-2)33(39)36-20-17-34(18-21-36,27-11-7-6-8-12-27)19-22-37-28-15-16-29(37)24-30(23-28)38-25(3)35-31-13-9-10-14-32(31)38/h6-14,26,28-30H,4-5,15-24H2,1-3H3/t28-,29+,30+. The van der Waals surface area contributed by atoms with Crippen molar-refractivity contribution in [3.63, 3.8) is 0 Å². The minimum atomic E-state index is 0.166. The zero-order chi connectivity index (χ0) is 27.0. The first-order valence-corrected chi connectivity index (χ1v) is 15.6. The first-order valence-electron chi connectivity index (χ1n) is 15.6. The number of carbonyl (C=O) groups excluding carboxylic acids is 1. The summed E-state index contributed by atoms with van der Waals surface area (Å²) in [6, 6.07) is 21.7. The van der Waals surface area contributed by atoms with E-state index in [9.17, 15) is 4.79 Å². The van der Waals surface area contributed by atoms with Crippen LogP contribution >= 0.6 is 0 Å². The van der Waals surface area contributed by atoms with Crippen LogP contribution in [0.3, 0.4) is 0 Å². The van der Waals surface area contributed by atoms with E-state index in [1.54, 1.807) is 0 Å². The Labute approximate surface area is 234 Å². The lowest BCUT2D eigenvalue weighted by molar-refractivity contribution is -0.137. The van der Waals surface area contributed by atoms with E-state index in [1.807, 2.05) is 0 Å². The zero-order valence-corrected chi connectivity index (χ0v) is 24.2. The van der Waals surface area contributed by atoms with Crippen LogP contribution in [0.5, 0.6) is 0 Å². The highest BCUT2D eigenvalue weighted by Gasteiger charge is 2.44. The van der Waals surface area contributed by atoms with Crippen LogP contribution in [-0.2, 0) is 10.2 Å². The Bertz CT molecular complexity index is 1260.